The molecule has 4 nitrogen and oxygen atoms in total. The minimum Gasteiger partial charge on any atom is -0.481 e. The first-order valence-corrected chi connectivity index (χ1v) is 23.3. The molecule has 0 unspecified atom stereocenters. The number of aliphatic carboxylic acids is 2. The second kappa shape index (κ2) is 49.4. The van der Waals surface area contributed by atoms with Gasteiger partial charge in [0, 0.05) is 12.8 Å². The molecular weight excluding hydrogens is 641 g/mol. The number of hydrogen-bond donors (Lipinski definition) is 2. The number of allylic oxidation sites excluding steroid dienone is 4. The van der Waals surface area contributed by atoms with Crippen LogP contribution in [0.15, 0.2) is 24.3 Å². The SMILES string of the molecule is CCCCCCCCC=CCCCCCCCCCCCCCC(=O)O.CCCCCCCCC=CCCCCCCCCCCCCCC(=O)O. The van der Waals surface area contributed by atoms with Gasteiger partial charge in [-0.05, 0) is 64.2 Å². The lowest BCUT2D eigenvalue weighted by atomic mass is 10.0. The second-order valence-corrected chi connectivity index (χ2v) is 15.7. The fourth-order valence-electron chi connectivity index (χ4n) is 6.82. The molecule has 0 aromatic heterocycles. The molecule has 4 heteroatoms. The molecule has 0 aliphatic heterocycles. The van der Waals surface area contributed by atoms with Crippen LogP contribution in [0.2, 0.25) is 0 Å². The fourth-order valence-corrected chi connectivity index (χ4v) is 6.82. The van der Waals surface area contributed by atoms with Gasteiger partial charge in [0.15, 0.2) is 0 Å². The Morgan fingerprint density at radius 3 is 0.654 bits per heavy atom. The lowest BCUT2D eigenvalue weighted by Crippen LogP contribution is -1.93. The Morgan fingerprint density at radius 1 is 0.288 bits per heavy atom. The summed E-state index contributed by atoms with van der Waals surface area (Å²) in [5.74, 6) is -1.31. The zero-order valence-corrected chi connectivity index (χ0v) is 35.3. The number of carbonyl (C=O) groups is 2. The molecule has 0 aliphatic rings. The minimum absolute atomic E-state index is 0.342. The highest BCUT2D eigenvalue weighted by Crippen LogP contribution is 2.15. The molecule has 0 amide bonds. The highest BCUT2D eigenvalue weighted by Gasteiger charge is 1.98. The van der Waals surface area contributed by atoms with Gasteiger partial charge in [0.25, 0.3) is 0 Å². The number of carboxylic acid groups (broad SMARTS) is 2. The van der Waals surface area contributed by atoms with Crippen molar-refractivity contribution in [2.45, 2.75) is 271 Å². The van der Waals surface area contributed by atoms with Gasteiger partial charge < -0.3 is 10.2 Å². The zero-order valence-electron chi connectivity index (χ0n) is 35.3. The van der Waals surface area contributed by atoms with Crippen LogP contribution in [0.4, 0.5) is 0 Å². The summed E-state index contributed by atoms with van der Waals surface area (Å²) in [6.07, 6.45) is 60.2. The summed E-state index contributed by atoms with van der Waals surface area (Å²) in [7, 11) is 0. The highest BCUT2D eigenvalue weighted by atomic mass is 16.4. The molecule has 0 aromatic carbocycles. The maximum atomic E-state index is 10.4. The van der Waals surface area contributed by atoms with E-state index >= 15 is 0 Å². The van der Waals surface area contributed by atoms with E-state index in [1.54, 1.807) is 0 Å². The van der Waals surface area contributed by atoms with Gasteiger partial charge in [-0.3, -0.25) is 9.59 Å². The van der Waals surface area contributed by atoms with Crippen molar-refractivity contribution < 1.29 is 19.8 Å². The van der Waals surface area contributed by atoms with E-state index in [0.717, 1.165) is 25.7 Å². The van der Waals surface area contributed by atoms with Gasteiger partial charge in [0.1, 0.15) is 0 Å². The first kappa shape index (κ1) is 52.5. The van der Waals surface area contributed by atoms with Gasteiger partial charge in [-0.15, -0.1) is 0 Å². The molecule has 0 heterocycles. The maximum absolute atomic E-state index is 10.4. The molecule has 2 N–H and O–H groups in total. The maximum Gasteiger partial charge on any atom is 0.303 e. The van der Waals surface area contributed by atoms with E-state index in [-0.39, 0.29) is 0 Å². The Morgan fingerprint density at radius 2 is 0.462 bits per heavy atom. The van der Waals surface area contributed by atoms with Crippen LogP contribution in [-0.2, 0) is 9.59 Å². The lowest BCUT2D eigenvalue weighted by Gasteiger charge is -2.02. The molecule has 308 valence electrons. The van der Waals surface area contributed by atoms with Crippen LogP contribution in [0.25, 0.3) is 0 Å². The summed E-state index contributed by atoms with van der Waals surface area (Å²) < 4.78 is 0. The third-order valence-electron chi connectivity index (χ3n) is 10.3. The van der Waals surface area contributed by atoms with Crippen LogP contribution in [0, 0.1) is 0 Å². The van der Waals surface area contributed by atoms with Crippen LogP contribution in [-0.4, -0.2) is 22.2 Å². The highest BCUT2D eigenvalue weighted by molar-refractivity contribution is 5.66. The average molecular weight is 733 g/mol. The van der Waals surface area contributed by atoms with Crippen molar-refractivity contribution in [1.82, 2.24) is 0 Å². The van der Waals surface area contributed by atoms with E-state index in [2.05, 4.69) is 38.2 Å². The van der Waals surface area contributed by atoms with E-state index < -0.39 is 11.9 Å². The molecule has 0 fully saturated rings. The number of hydrogen-bond acceptors (Lipinski definition) is 2. The van der Waals surface area contributed by atoms with Crippen molar-refractivity contribution in [2.24, 2.45) is 0 Å². The van der Waals surface area contributed by atoms with Crippen molar-refractivity contribution >= 4 is 11.9 Å². The Hall–Kier alpha value is -1.58. The monoisotopic (exact) mass is 733 g/mol. The van der Waals surface area contributed by atoms with Crippen LogP contribution in [0.5, 0.6) is 0 Å². The molecule has 0 saturated carbocycles. The molecule has 0 saturated heterocycles. The van der Waals surface area contributed by atoms with E-state index in [0.29, 0.717) is 12.8 Å². The van der Waals surface area contributed by atoms with Gasteiger partial charge in [0.05, 0.1) is 0 Å². The average Bonchev–Trinajstić information content (AvgIpc) is 3.13. The molecule has 0 radical (unpaired) electrons. The first-order chi connectivity index (χ1) is 25.5. The van der Waals surface area contributed by atoms with Crippen molar-refractivity contribution in [1.29, 1.82) is 0 Å². The van der Waals surface area contributed by atoms with Gasteiger partial charge in [0.2, 0.25) is 0 Å². The Balaban J connectivity index is 0. The molecule has 0 rings (SSSR count). The topological polar surface area (TPSA) is 74.6 Å². The van der Waals surface area contributed by atoms with E-state index in [9.17, 15) is 9.59 Å². The minimum atomic E-state index is -0.654. The Labute approximate surface area is 325 Å². The summed E-state index contributed by atoms with van der Waals surface area (Å²) in [6.45, 7) is 4.55. The van der Waals surface area contributed by atoms with Gasteiger partial charge in [-0.2, -0.15) is 0 Å². The normalized spacial score (nSPS) is 11.4. The van der Waals surface area contributed by atoms with Gasteiger partial charge >= 0.3 is 11.9 Å². The van der Waals surface area contributed by atoms with E-state index in [4.69, 9.17) is 10.2 Å². The fraction of sp³-hybridized carbons (Fsp3) is 0.875. The predicted molar refractivity (Wildman–Crippen MR) is 230 cm³/mol. The number of rotatable bonds is 42. The quantitative estimate of drug-likeness (QED) is 0.0484. The van der Waals surface area contributed by atoms with Gasteiger partial charge in [-0.1, -0.05) is 218 Å². The van der Waals surface area contributed by atoms with Crippen molar-refractivity contribution in [3.8, 4) is 0 Å². The zero-order chi connectivity index (χ0) is 38.3. The van der Waals surface area contributed by atoms with Crippen LogP contribution in [0.1, 0.15) is 271 Å². The summed E-state index contributed by atoms with van der Waals surface area (Å²) in [5.41, 5.74) is 0. The predicted octanol–water partition coefficient (Wildman–Crippen LogP) is 16.9. The first-order valence-electron chi connectivity index (χ1n) is 23.3. The molecule has 0 atom stereocenters. The van der Waals surface area contributed by atoms with E-state index in [1.807, 2.05) is 0 Å². The number of unbranched alkanes of at least 4 members (excludes halogenated alkanes) is 34. The Bertz CT molecular complexity index is 681. The second-order valence-electron chi connectivity index (χ2n) is 15.7. The third kappa shape index (κ3) is 55.2. The molecular formula is C48H92O4. The molecule has 0 bridgehead atoms. The smallest absolute Gasteiger partial charge is 0.303 e. The molecule has 0 aliphatic carbocycles. The lowest BCUT2D eigenvalue weighted by molar-refractivity contribution is -0.138. The molecule has 52 heavy (non-hydrogen) atoms. The van der Waals surface area contributed by atoms with Crippen molar-refractivity contribution in [3.05, 3.63) is 24.3 Å². The van der Waals surface area contributed by atoms with Gasteiger partial charge in [-0.25, -0.2) is 0 Å². The summed E-state index contributed by atoms with van der Waals surface area (Å²) in [5, 5.41) is 17.1. The summed E-state index contributed by atoms with van der Waals surface area (Å²) >= 11 is 0. The Kier molecular flexibility index (Phi) is 49.9. The van der Waals surface area contributed by atoms with Crippen LogP contribution < -0.4 is 0 Å². The molecule has 0 aromatic rings. The summed E-state index contributed by atoms with van der Waals surface area (Å²) in [4.78, 5) is 20.8. The third-order valence-corrected chi connectivity index (χ3v) is 10.3. The summed E-state index contributed by atoms with van der Waals surface area (Å²) in [6, 6.07) is 0. The van der Waals surface area contributed by atoms with Crippen molar-refractivity contribution in [3.63, 3.8) is 0 Å². The number of carboxylic acids is 2. The van der Waals surface area contributed by atoms with Crippen LogP contribution in [0.3, 0.4) is 0 Å². The van der Waals surface area contributed by atoms with E-state index in [1.165, 1.54) is 218 Å². The molecule has 0 spiro atoms. The van der Waals surface area contributed by atoms with Crippen LogP contribution >= 0.6 is 0 Å². The largest absolute Gasteiger partial charge is 0.481 e. The van der Waals surface area contributed by atoms with Crippen molar-refractivity contribution in [2.75, 3.05) is 0 Å². The standard InChI is InChI=1S/2C24H46O2/c2*1-2-3-4-5-6-7-8-9-10-11-12-13-14-15-16-17-18-19-20-21-22-23-24(25)26/h2*9-10H,2-8,11-23H2,1H3,(H,25,26).